The van der Waals surface area contributed by atoms with Gasteiger partial charge in [0.15, 0.2) is 0 Å². The molecule has 0 unspecified atom stereocenters. The van der Waals surface area contributed by atoms with Gasteiger partial charge in [-0.2, -0.15) is 5.26 Å². The number of rotatable bonds is 2. The van der Waals surface area contributed by atoms with Crippen LogP contribution in [0.15, 0.2) is 0 Å². The van der Waals surface area contributed by atoms with Gasteiger partial charge in [0.2, 0.25) is 0 Å². The molecule has 0 bridgehead atoms. The van der Waals surface area contributed by atoms with Crippen LogP contribution in [0, 0.1) is 25.2 Å². The maximum atomic E-state index is 12.2. The van der Waals surface area contributed by atoms with Crippen LogP contribution in [0.2, 0.25) is 0 Å². The summed E-state index contributed by atoms with van der Waals surface area (Å²) >= 11 is 1.39. The van der Waals surface area contributed by atoms with Crippen LogP contribution in [-0.2, 0) is 0 Å². The highest BCUT2D eigenvalue weighted by molar-refractivity contribution is 7.13. The zero-order valence-corrected chi connectivity index (χ0v) is 11.6. The standard InChI is InChI=1S/C13H17N3OS/c1-9-11(18-10(2)15-9)12(17)16-13(8-14)6-4-3-5-7-13/h3-7H2,1-2H3,(H,16,17). The van der Waals surface area contributed by atoms with Crippen molar-refractivity contribution in [3.8, 4) is 6.07 Å². The van der Waals surface area contributed by atoms with Crippen molar-refractivity contribution in [2.45, 2.75) is 51.5 Å². The van der Waals surface area contributed by atoms with Crippen molar-refractivity contribution in [3.05, 3.63) is 15.6 Å². The molecule has 2 rings (SSSR count). The second-order valence-corrected chi connectivity index (χ2v) is 6.06. The highest BCUT2D eigenvalue weighted by Gasteiger charge is 2.34. The lowest BCUT2D eigenvalue weighted by Crippen LogP contribution is -2.48. The zero-order valence-electron chi connectivity index (χ0n) is 10.7. The Morgan fingerprint density at radius 2 is 2.06 bits per heavy atom. The lowest BCUT2D eigenvalue weighted by Gasteiger charge is -2.31. The normalized spacial score (nSPS) is 18.1. The van der Waals surface area contributed by atoms with E-state index in [-0.39, 0.29) is 5.91 Å². The van der Waals surface area contributed by atoms with Crippen LogP contribution in [0.1, 0.15) is 52.5 Å². The average Bonchev–Trinajstić information content (AvgIpc) is 2.70. The first-order valence-corrected chi connectivity index (χ1v) is 7.06. The summed E-state index contributed by atoms with van der Waals surface area (Å²) in [6.07, 6.45) is 4.68. The van der Waals surface area contributed by atoms with Crippen LogP contribution >= 0.6 is 11.3 Å². The van der Waals surface area contributed by atoms with Gasteiger partial charge in [-0.3, -0.25) is 4.79 Å². The molecule has 18 heavy (non-hydrogen) atoms. The molecule has 0 spiro atoms. The first kappa shape index (κ1) is 13.0. The topological polar surface area (TPSA) is 65.8 Å². The summed E-state index contributed by atoms with van der Waals surface area (Å²) in [7, 11) is 0. The van der Waals surface area contributed by atoms with Gasteiger partial charge in [0.05, 0.1) is 16.8 Å². The number of nitriles is 1. The Kier molecular flexibility index (Phi) is 3.67. The molecule has 1 aliphatic carbocycles. The molecule has 1 saturated carbocycles. The summed E-state index contributed by atoms with van der Waals surface area (Å²) in [5.41, 5.74) is 0.0820. The fraction of sp³-hybridized carbons (Fsp3) is 0.615. The van der Waals surface area contributed by atoms with Crippen molar-refractivity contribution in [2.24, 2.45) is 0 Å². The SMILES string of the molecule is Cc1nc(C)c(C(=O)NC2(C#N)CCCCC2)s1. The van der Waals surface area contributed by atoms with Gasteiger partial charge in [-0.25, -0.2) is 4.98 Å². The van der Waals surface area contributed by atoms with E-state index in [0.29, 0.717) is 4.88 Å². The summed E-state index contributed by atoms with van der Waals surface area (Å²) in [5, 5.41) is 13.1. The Morgan fingerprint density at radius 1 is 1.39 bits per heavy atom. The summed E-state index contributed by atoms with van der Waals surface area (Å²) in [5.74, 6) is -0.151. The van der Waals surface area contributed by atoms with Crippen LogP contribution in [0.3, 0.4) is 0 Å². The summed E-state index contributed by atoms with van der Waals surface area (Å²) < 4.78 is 0. The molecule has 1 heterocycles. The maximum absolute atomic E-state index is 12.2. The van der Waals surface area contributed by atoms with E-state index in [0.717, 1.165) is 42.8 Å². The molecular weight excluding hydrogens is 246 g/mol. The summed E-state index contributed by atoms with van der Waals surface area (Å²) in [6.45, 7) is 3.72. The van der Waals surface area contributed by atoms with Crippen molar-refractivity contribution in [1.82, 2.24) is 10.3 Å². The molecule has 1 aromatic heterocycles. The highest BCUT2D eigenvalue weighted by Crippen LogP contribution is 2.28. The second-order valence-electron chi connectivity index (χ2n) is 4.86. The molecule has 5 heteroatoms. The first-order chi connectivity index (χ1) is 8.56. The number of aromatic nitrogens is 1. The molecule has 1 amide bonds. The lowest BCUT2D eigenvalue weighted by molar-refractivity contribution is 0.0906. The average molecular weight is 263 g/mol. The van der Waals surface area contributed by atoms with Gasteiger partial charge in [-0.05, 0) is 26.7 Å². The minimum Gasteiger partial charge on any atom is -0.333 e. The van der Waals surface area contributed by atoms with Crippen LogP contribution < -0.4 is 5.32 Å². The molecule has 1 aromatic rings. The molecule has 1 aliphatic rings. The lowest BCUT2D eigenvalue weighted by atomic mass is 9.83. The Hall–Kier alpha value is -1.41. The monoisotopic (exact) mass is 263 g/mol. The van der Waals surface area contributed by atoms with E-state index in [4.69, 9.17) is 0 Å². The minimum atomic E-state index is -0.667. The Bertz CT molecular complexity index is 495. The van der Waals surface area contributed by atoms with E-state index in [2.05, 4.69) is 16.4 Å². The van der Waals surface area contributed by atoms with Gasteiger partial charge in [0, 0.05) is 0 Å². The van der Waals surface area contributed by atoms with Gasteiger partial charge in [-0.1, -0.05) is 19.3 Å². The fourth-order valence-corrected chi connectivity index (χ4v) is 3.25. The van der Waals surface area contributed by atoms with Gasteiger partial charge < -0.3 is 5.32 Å². The molecule has 0 saturated heterocycles. The van der Waals surface area contributed by atoms with E-state index >= 15 is 0 Å². The zero-order chi connectivity index (χ0) is 13.2. The molecular formula is C13H17N3OS. The van der Waals surface area contributed by atoms with E-state index in [1.807, 2.05) is 13.8 Å². The number of amides is 1. The second kappa shape index (κ2) is 5.07. The maximum Gasteiger partial charge on any atom is 0.264 e. The van der Waals surface area contributed by atoms with Crippen molar-refractivity contribution in [2.75, 3.05) is 0 Å². The van der Waals surface area contributed by atoms with Gasteiger partial charge in [-0.15, -0.1) is 11.3 Å². The number of hydrogen-bond acceptors (Lipinski definition) is 4. The van der Waals surface area contributed by atoms with Gasteiger partial charge >= 0.3 is 0 Å². The molecule has 1 fully saturated rings. The predicted octanol–water partition coefficient (Wildman–Crippen LogP) is 2.72. The number of aryl methyl sites for hydroxylation is 2. The molecule has 0 radical (unpaired) electrons. The summed E-state index contributed by atoms with van der Waals surface area (Å²) in [6, 6.07) is 2.30. The van der Waals surface area contributed by atoms with Crippen molar-refractivity contribution < 1.29 is 4.79 Å². The van der Waals surface area contributed by atoms with E-state index in [1.165, 1.54) is 11.3 Å². The van der Waals surface area contributed by atoms with Crippen LogP contribution in [-0.4, -0.2) is 16.4 Å². The fourth-order valence-electron chi connectivity index (χ4n) is 2.44. The van der Waals surface area contributed by atoms with Gasteiger partial charge in [0.1, 0.15) is 10.4 Å². The third-order valence-electron chi connectivity index (χ3n) is 3.38. The number of nitrogens with one attached hydrogen (secondary N) is 1. The Labute approximate surface area is 111 Å². The predicted molar refractivity (Wildman–Crippen MR) is 70.5 cm³/mol. The minimum absolute atomic E-state index is 0.151. The number of hydrogen-bond donors (Lipinski definition) is 1. The molecule has 0 aliphatic heterocycles. The van der Waals surface area contributed by atoms with Crippen molar-refractivity contribution in [3.63, 3.8) is 0 Å². The number of carbonyl (C=O) groups is 1. The van der Waals surface area contributed by atoms with Crippen molar-refractivity contribution >= 4 is 17.2 Å². The quantitative estimate of drug-likeness (QED) is 0.892. The number of nitrogens with zero attached hydrogens (tertiary/aromatic N) is 2. The Balaban J connectivity index is 2.15. The van der Waals surface area contributed by atoms with E-state index < -0.39 is 5.54 Å². The molecule has 1 N–H and O–H groups in total. The summed E-state index contributed by atoms with van der Waals surface area (Å²) in [4.78, 5) is 17.1. The third-order valence-corrected chi connectivity index (χ3v) is 4.46. The molecule has 0 atom stereocenters. The smallest absolute Gasteiger partial charge is 0.264 e. The highest BCUT2D eigenvalue weighted by atomic mass is 32.1. The largest absolute Gasteiger partial charge is 0.333 e. The third kappa shape index (κ3) is 2.54. The van der Waals surface area contributed by atoms with E-state index in [1.54, 1.807) is 0 Å². The molecule has 4 nitrogen and oxygen atoms in total. The molecule has 0 aromatic carbocycles. The number of thiazole rings is 1. The Morgan fingerprint density at radius 3 is 2.56 bits per heavy atom. The van der Waals surface area contributed by atoms with Crippen LogP contribution in [0.4, 0.5) is 0 Å². The van der Waals surface area contributed by atoms with Crippen molar-refractivity contribution in [1.29, 1.82) is 5.26 Å². The first-order valence-electron chi connectivity index (χ1n) is 6.24. The van der Waals surface area contributed by atoms with E-state index in [9.17, 15) is 10.1 Å². The van der Waals surface area contributed by atoms with Crippen LogP contribution in [0.25, 0.3) is 0 Å². The van der Waals surface area contributed by atoms with Crippen LogP contribution in [0.5, 0.6) is 0 Å². The van der Waals surface area contributed by atoms with Gasteiger partial charge in [0.25, 0.3) is 5.91 Å². The molecule has 96 valence electrons. The number of carbonyl (C=O) groups excluding carboxylic acids is 1.